The molecule has 4 fully saturated rings. The van der Waals surface area contributed by atoms with Gasteiger partial charge in [0, 0.05) is 6.08 Å². The van der Waals surface area contributed by atoms with E-state index < -0.39 is 0 Å². The molecule has 2 heteroatoms. The van der Waals surface area contributed by atoms with Crippen molar-refractivity contribution in [3.63, 3.8) is 0 Å². The summed E-state index contributed by atoms with van der Waals surface area (Å²) in [6, 6.07) is 0. The molecule has 98 valence electrons. The lowest BCUT2D eigenvalue weighted by atomic mass is 9.67. The lowest BCUT2D eigenvalue weighted by Gasteiger charge is -2.40. The molecule has 0 N–H and O–H groups in total. The second-order valence-electron chi connectivity index (χ2n) is 7.10. The molecular formula is C16H22O2. The van der Waals surface area contributed by atoms with Crippen molar-refractivity contribution < 1.29 is 9.53 Å². The van der Waals surface area contributed by atoms with Gasteiger partial charge >= 0.3 is 5.97 Å². The molecule has 4 aliphatic rings. The first-order chi connectivity index (χ1) is 8.69. The van der Waals surface area contributed by atoms with Crippen molar-refractivity contribution in [1.82, 2.24) is 0 Å². The molecule has 0 aliphatic heterocycles. The van der Waals surface area contributed by atoms with Gasteiger partial charge in [0.05, 0.1) is 0 Å². The Balaban J connectivity index is 1.55. The molecule has 0 aromatic carbocycles. The minimum Gasteiger partial charge on any atom is -0.459 e. The number of ether oxygens (including phenoxy) is 1. The van der Waals surface area contributed by atoms with Crippen molar-refractivity contribution in [2.24, 2.45) is 41.4 Å². The van der Waals surface area contributed by atoms with Crippen molar-refractivity contribution in [3.8, 4) is 0 Å². The van der Waals surface area contributed by atoms with Crippen molar-refractivity contribution >= 4 is 5.97 Å². The van der Waals surface area contributed by atoms with Crippen LogP contribution in [-0.2, 0) is 9.53 Å². The SMILES string of the molecule is C=CC(=O)OC1CC2CC1C1C3CC(C)C(C3)C21. The first-order valence-electron chi connectivity index (χ1n) is 7.52. The van der Waals surface area contributed by atoms with E-state index in [1.165, 1.54) is 25.3 Å². The maximum atomic E-state index is 11.4. The third-order valence-electron chi connectivity index (χ3n) is 6.52. The topological polar surface area (TPSA) is 26.3 Å². The van der Waals surface area contributed by atoms with E-state index in [-0.39, 0.29) is 12.1 Å². The molecule has 0 aromatic rings. The molecule has 4 saturated carbocycles. The van der Waals surface area contributed by atoms with Gasteiger partial charge in [-0.3, -0.25) is 0 Å². The van der Waals surface area contributed by atoms with Crippen molar-refractivity contribution in [3.05, 3.63) is 12.7 Å². The van der Waals surface area contributed by atoms with Gasteiger partial charge in [0.15, 0.2) is 0 Å². The highest BCUT2D eigenvalue weighted by atomic mass is 16.5. The zero-order valence-corrected chi connectivity index (χ0v) is 11.0. The van der Waals surface area contributed by atoms with Gasteiger partial charge in [-0.25, -0.2) is 4.79 Å². The van der Waals surface area contributed by atoms with Crippen LogP contribution in [-0.4, -0.2) is 12.1 Å². The van der Waals surface area contributed by atoms with E-state index in [2.05, 4.69) is 13.5 Å². The zero-order chi connectivity index (χ0) is 12.4. The van der Waals surface area contributed by atoms with Gasteiger partial charge in [0.1, 0.15) is 6.10 Å². The van der Waals surface area contributed by atoms with Gasteiger partial charge in [-0.15, -0.1) is 0 Å². The first-order valence-corrected chi connectivity index (χ1v) is 7.52. The molecule has 4 aliphatic carbocycles. The van der Waals surface area contributed by atoms with E-state index in [1.807, 2.05) is 0 Å². The smallest absolute Gasteiger partial charge is 0.330 e. The van der Waals surface area contributed by atoms with Gasteiger partial charge in [0.2, 0.25) is 0 Å². The molecule has 8 atom stereocenters. The van der Waals surface area contributed by atoms with Crippen LogP contribution >= 0.6 is 0 Å². The van der Waals surface area contributed by atoms with E-state index >= 15 is 0 Å². The van der Waals surface area contributed by atoms with Crippen LogP contribution in [0.4, 0.5) is 0 Å². The second kappa shape index (κ2) is 3.61. The maximum Gasteiger partial charge on any atom is 0.330 e. The molecule has 0 heterocycles. The van der Waals surface area contributed by atoms with Crippen LogP contribution in [0.25, 0.3) is 0 Å². The van der Waals surface area contributed by atoms with Crippen molar-refractivity contribution in [2.45, 2.75) is 38.7 Å². The number of carbonyl (C=O) groups excluding carboxylic acids is 1. The molecule has 0 spiro atoms. The number of esters is 1. The maximum absolute atomic E-state index is 11.4. The van der Waals surface area contributed by atoms with E-state index in [0.29, 0.717) is 5.92 Å². The van der Waals surface area contributed by atoms with Crippen molar-refractivity contribution in [2.75, 3.05) is 0 Å². The molecular weight excluding hydrogens is 224 g/mol. The van der Waals surface area contributed by atoms with E-state index in [4.69, 9.17) is 4.74 Å². The Hall–Kier alpha value is -0.790. The predicted octanol–water partition coefficient (Wildman–Crippen LogP) is 3.03. The third-order valence-corrected chi connectivity index (χ3v) is 6.52. The van der Waals surface area contributed by atoms with Gasteiger partial charge in [-0.05, 0) is 67.1 Å². The van der Waals surface area contributed by atoms with Gasteiger partial charge < -0.3 is 4.74 Å². The highest BCUT2D eigenvalue weighted by Crippen LogP contribution is 2.69. The number of carbonyl (C=O) groups is 1. The highest BCUT2D eigenvalue weighted by molar-refractivity contribution is 5.81. The van der Waals surface area contributed by atoms with E-state index in [1.54, 1.807) is 0 Å². The Morgan fingerprint density at radius 1 is 1.11 bits per heavy atom. The lowest BCUT2D eigenvalue weighted by molar-refractivity contribution is -0.148. The van der Waals surface area contributed by atoms with Crippen LogP contribution < -0.4 is 0 Å². The Morgan fingerprint density at radius 2 is 1.78 bits per heavy atom. The van der Waals surface area contributed by atoms with Crippen LogP contribution in [0.3, 0.4) is 0 Å². The van der Waals surface area contributed by atoms with Crippen molar-refractivity contribution in [1.29, 1.82) is 0 Å². The molecule has 0 aromatic heterocycles. The van der Waals surface area contributed by atoms with Gasteiger partial charge in [0.25, 0.3) is 0 Å². The highest BCUT2D eigenvalue weighted by Gasteiger charge is 2.64. The summed E-state index contributed by atoms with van der Waals surface area (Å²) in [4.78, 5) is 11.4. The Morgan fingerprint density at radius 3 is 2.56 bits per heavy atom. The summed E-state index contributed by atoms with van der Waals surface area (Å²) in [5.41, 5.74) is 0. The monoisotopic (exact) mass is 246 g/mol. The van der Waals surface area contributed by atoms with Crippen LogP contribution in [0.5, 0.6) is 0 Å². The minimum atomic E-state index is -0.222. The average Bonchev–Trinajstić information content (AvgIpc) is 3.04. The third kappa shape index (κ3) is 1.27. The van der Waals surface area contributed by atoms with Crippen LogP contribution in [0, 0.1) is 41.4 Å². The van der Waals surface area contributed by atoms with Crippen LogP contribution in [0.2, 0.25) is 0 Å². The normalized spacial score (nSPS) is 55.6. The fourth-order valence-electron chi connectivity index (χ4n) is 6.20. The fraction of sp³-hybridized carbons (Fsp3) is 0.812. The summed E-state index contributed by atoms with van der Waals surface area (Å²) < 4.78 is 5.58. The molecule has 2 nitrogen and oxygen atoms in total. The Bertz CT molecular complexity index is 402. The first kappa shape index (κ1) is 11.1. The summed E-state index contributed by atoms with van der Waals surface area (Å²) in [7, 11) is 0. The summed E-state index contributed by atoms with van der Waals surface area (Å²) in [5, 5.41) is 0. The van der Waals surface area contributed by atoms with Gasteiger partial charge in [-0.2, -0.15) is 0 Å². The fourth-order valence-corrected chi connectivity index (χ4v) is 6.20. The summed E-state index contributed by atoms with van der Waals surface area (Å²) in [6.07, 6.45) is 6.86. The quantitative estimate of drug-likeness (QED) is 0.425. The molecule has 18 heavy (non-hydrogen) atoms. The summed E-state index contributed by atoms with van der Waals surface area (Å²) in [5.74, 6) is 6.04. The number of fused-ring (bicyclic) bond motifs is 9. The second-order valence-corrected chi connectivity index (χ2v) is 7.10. The molecule has 4 rings (SSSR count). The molecule has 0 radical (unpaired) electrons. The number of rotatable bonds is 2. The average molecular weight is 246 g/mol. The zero-order valence-electron chi connectivity index (χ0n) is 11.0. The van der Waals surface area contributed by atoms with Crippen LogP contribution in [0.1, 0.15) is 32.6 Å². The predicted molar refractivity (Wildman–Crippen MR) is 68.6 cm³/mol. The summed E-state index contributed by atoms with van der Waals surface area (Å²) >= 11 is 0. The lowest BCUT2D eigenvalue weighted by Crippen LogP contribution is -2.38. The molecule has 8 unspecified atom stereocenters. The molecule has 0 saturated heterocycles. The largest absolute Gasteiger partial charge is 0.459 e. The summed E-state index contributed by atoms with van der Waals surface area (Å²) in [6.45, 7) is 5.95. The molecule has 4 bridgehead atoms. The Kier molecular flexibility index (Phi) is 2.22. The van der Waals surface area contributed by atoms with Crippen LogP contribution in [0.15, 0.2) is 12.7 Å². The standard InChI is InChI=1S/C16H22O2/c1-3-14(17)18-13-7-10-6-12(13)16-9-4-8(2)11(5-9)15(10)16/h3,8-13,15-16H,1,4-7H2,2H3. The Labute approximate surface area is 109 Å². The number of hydrogen-bond acceptors (Lipinski definition) is 2. The molecule has 0 amide bonds. The van der Waals surface area contributed by atoms with E-state index in [0.717, 1.165) is 41.9 Å². The number of hydrogen-bond donors (Lipinski definition) is 0. The van der Waals surface area contributed by atoms with E-state index in [9.17, 15) is 4.79 Å². The minimum absolute atomic E-state index is 0.205. The van der Waals surface area contributed by atoms with Gasteiger partial charge in [-0.1, -0.05) is 13.5 Å².